The number of amides is 1. The molecule has 10 heteroatoms. The second kappa shape index (κ2) is 12.2. The van der Waals surface area contributed by atoms with Gasteiger partial charge in [0, 0.05) is 5.69 Å². The van der Waals surface area contributed by atoms with Crippen LogP contribution in [-0.2, 0) is 25.5 Å². The molecule has 2 atom stereocenters. The summed E-state index contributed by atoms with van der Waals surface area (Å²) >= 11 is 12.1. The molecule has 0 spiro atoms. The van der Waals surface area contributed by atoms with Crippen LogP contribution < -0.4 is 5.32 Å². The third-order valence-corrected chi connectivity index (χ3v) is 5.75. The number of anilines is 1. The maximum atomic E-state index is 13.3. The van der Waals surface area contributed by atoms with Gasteiger partial charge in [0.1, 0.15) is 0 Å². The molecular formula is C26H21Cl2NO7. The highest BCUT2D eigenvalue weighted by Gasteiger charge is 2.41. The van der Waals surface area contributed by atoms with Gasteiger partial charge in [0.25, 0.3) is 5.91 Å². The van der Waals surface area contributed by atoms with E-state index in [2.05, 4.69) is 5.32 Å². The van der Waals surface area contributed by atoms with Crippen LogP contribution in [0.2, 0.25) is 10.0 Å². The monoisotopic (exact) mass is 529 g/mol. The van der Waals surface area contributed by atoms with E-state index in [4.69, 9.17) is 32.7 Å². The number of carbonyl (C=O) groups excluding carboxylic acids is 3. The fraction of sp³-hybridized carbons (Fsp3) is 0.154. The normalized spacial score (nSPS) is 12.2. The summed E-state index contributed by atoms with van der Waals surface area (Å²) in [4.78, 5) is 51.0. The number of carboxylic acid groups (broad SMARTS) is 1. The van der Waals surface area contributed by atoms with Crippen molar-refractivity contribution < 1.29 is 33.8 Å². The lowest BCUT2D eigenvalue weighted by molar-refractivity contribution is -0.157. The standard InChI is InChI=1S/C26H21Cl2NO7/c1-2-15-9-3-8-14-20(15)29-23(30)21(35-25(33)16-10-4-6-12-18(16)27)22(24(31)32)36-26(34)17-11-5-7-13-19(17)28/h3-14,21-22H,2H2,1H3,(H,29,30)(H,31,32)/t21-,22-/m1/s1. The molecule has 3 rings (SSSR count). The Labute approximate surface area is 216 Å². The Morgan fingerprint density at radius 3 is 1.75 bits per heavy atom. The van der Waals surface area contributed by atoms with E-state index in [1.807, 2.05) is 6.92 Å². The molecule has 1 amide bonds. The second-order valence-electron chi connectivity index (χ2n) is 7.45. The molecule has 0 bridgehead atoms. The number of aryl methyl sites for hydroxylation is 1. The van der Waals surface area contributed by atoms with E-state index in [1.165, 1.54) is 36.4 Å². The highest BCUT2D eigenvalue weighted by atomic mass is 35.5. The van der Waals surface area contributed by atoms with Crippen LogP contribution in [0.15, 0.2) is 72.8 Å². The number of benzene rings is 3. The van der Waals surface area contributed by atoms with Gasteiger partial charge in [-0.05, 0) is 42.3 Å². The Morgan fingerprint density at radius 2 is 1.25 bits per heavy atom. The quantitative estimate of drug-likeness (QED) is 0.373. The maximum Gasteiger partial charge on any atom is 0.349 e. The van der Waals surface area contributed by atoms with Crippen LogP contribution in [0.3, 0.4) is 0 Å². The van der Waals surface area contributed by atoms with Crippen molar-refractivity contribution in [1.29, 1.82) is 0 Å². The molecule has 3 aromatic rings. The van der Waals surface area contributed by atoms with Crippen LogP contribution >= 0.6 is 23.2 Å². The molecule has 0 radical (unpaired) electrons. The van der Waals surface area contributed by atoms with E-state index >= 15 is 0 Å². The molecule has 8 nitrogen and oxygen atoms in total. The van der Waals surface area contributed by atoms with Crippen molar-refractivity contribution in [2.24, 2.45) is 0 Å². The molecule has 0 fully saturated rings. The number of nitrogens with one attached hydrogen (secondary N) is 1. The summed E-state index contributed by atoms with van der Waals surface area (Å²) in [5.74, 6) is -4.93. The van der Waals surface area contributed by atoms with Gasteiger partial charge in [-0.2, -0.15) is 0 Å². The van der Waals surface area contributed by atoms with Crippen LogP contribution in [0, 0.1) is 0 Å². The minimum Gasteiger partial charge on any atom is -0.478 e. The SMILES string of the molecule is CCc1ccccc1NC(=O)[C@H](OC(=O)c1ccccc1Cl)[C@@H](OC(=O)c1ccccc1Cl)C(=O)O. The average molecular weight is 530 g/mol. The Balaban J connectivity index is 1.97. The minimum atomic E-state index is -2.20. The van der Waals surface area contributed by atoms with E-state index in [9.17, 15) is 24.3 Å². The molecule has 3 aromatic carbocycles. The van der Waals surface area contributed by atoms with Crippen LogP contribution in [0.4, 0.5) is 5.69 Å². The maximum absolute atomic E-state index is 13.3. The number of rotatable bonds is 9. The zero-order chi connectivity index (χ0) is 26.2. The van der Waals surface area contributed by atoms with Gasteiger partial charge in [-0.1, -0.05) is 72.6 Å². The van der Waals surface area contributed by atoms with Crippen LogP contribution in [0.25, 0.3) is 0 Å². The summed E-state index contributed by atoms with van der Waals surface area (Å²) in [6.45, 7) is 1.87. The molecule has 2 N–H and O–H groups in total. The summed E-state index contributed by atoms with van der Waals surface area (Å²) in [5.41, 5.74) is 0.901. The van der Waals surface area contributed by atoms with E-state index in [-0.39, 0.29) is 21.2 Å². The van der Waals surface area contributed by atoms with Gasteiger partial charge >= 0.3 is 17.9 Å². The van der Waals surface area contributed by atoms with Crippen molar-refractivity contribution >= 4 is 52.7 Å². The van der Waals surface area contributed by atoms with Crippen molar-refractivity contribution in [1.82, 2.24) is 0 Å². The van der Waals surface area contributed by atoms with Gasteiger partial charge in [-0.3, -0.25) is 4.79 Å². The molecule has 36 heavy (non-hydrogen) atoms. The van der Waals surface area contributed by atoms with E-state index in [0.717, 1.165) is 5.56 Å². The summed E-state index contributed by atoms with van der Waals surface area (Å²) in [6.07, 6.45) is -3.71. The second-order valence-corrected chi connectivity index (χ2v) is 8.26. The Kier molecular flexibility index (Phi) is 9.05. The lowest BCUT2D eigenvalue weighted by atomic mass is 10.1. The van der Waals surface area contributed by atoms with Crippen LogP contribution in [0.5, 0.6) is 0 Å². The third kappa shape index (κ3) is 6.41. The lowest BCUT2D eigenvalue weighted by Gasteiger charge is -2.24. The first-order chi connectivity index (χ1) is 17.2. The number of carbonyl (C=O) groups is 4. The van der Waals surface area contributed by atoms with E-state index in [1.54, 1.807) is 36.4 Å². The predicted octanol–water partition coefficient (Wildman–Crippen LogP) is 5.03. The smallest absolute Gasteiger partial charge is 0.349 e. The number of halogens is 2. The van der Waals surface area contributed by atoms with Crippen LogP contribution in [-0.4, -0.2) is 41.1 Å². The van der Waals surface area contributed by atoms with Crippen molar-refractivity contribution in [3.8, 4) is 0 Å². The number of carboxylic acids is 1. The third-order valence-electron chi connectivity index (χ3n) is 5.09. The molecule has 186 valence electrons. The predicted molar refractivity (Wildman–Crippen MR) is 133 cm³/mol. The molecule has 0 aliphatic rings. The van der Waals surface area contributed by atoms with Crippen molar-refractivity contribution in [2.45, 2.75) is 25.6 Å². The van der Waals surface area contributed by atoms with Gasteiger partial charge in [-0.25, -0.2) is 14.4 Å². The van der Waals surface area contributed by atoms with Crippen molar-refractivity contribution in [2.75, 3.05) is 5.32 Å². The molecule has 0 aliphatic carbocycles. The Morgan fingerprint density at radius 1 is 0.778 bits per heavy atom. The molecule has 0 heterocycles. The number of hydrogen-bond acceptors (Lipinski definition) is 6. The highest BCUT2D eigenvalue weighted by molar-refractivity contribution is 6.34. The largest absolute Gasteiger partial charge is 0.478 e. The number of ether oxygens (including phenoxy) is 2. The Hall–Kier alpha value is -3.88. The Bertz CT molecular complexity index is 1290. The fourth-order valence-electron chi connectivity index (χ4n) is 3.26. The van der Waals surface area contributed by atoms with Gasteiger partial charge in [-0.15, -0.1) is 0 Å². The summed E-state index contributed by atoms with van der Waals surface area (Å²) < 4.78 is 10.4. The number of aliphatic carboxylic acids is 1. The molecule has 0 aliphatic heterocycles. The molecule has 0 saturated carbocycles. The topological polar surface area (TPSA) is 119 Å². The summed E-state index contributed by atoms with van der Waals surface area (Å²) in [6, 6.07) is 18.5. The first-order valence-corrected chi connectivity index (χ1v) is 11.5. The van der Waals surface area contributed by atoms with Gasteiger partial charge in [0.05, 0.1) is 21.2 Å². The summed E-state index contributed by atoms with van der Waals surface area (Å²) in [7, 11) is 0. The van der Waals surface area contributed by atoms with E-state index in [0.29, 0.717) is 12.1 Å². The zero-order valence-electron chi connectivity index (χ0n) is 18.9. The van der Waals surface area contributed by atoms with E-state index < -0.39 is 36.0 Å². The average Bonchev–Trinajstić information content (AvgIpc) is 2.86. The molecular weight excluding hydrogens is 509 g/mol. The van der Waals surface area contributed by atoms with Crippen LogP contribution in [0.1, 0.15) is 33.2 Å². The number of esters is 2. The van der Waals surface area contributed by atoms with Crippen molar-refractivity contribution in [3.63, 3.8) is 0 Å². The molecule has 0 aromatic heterocycles. The molecule has 0 unspecified atom stereocenters. The number of para-hydroxylation sites is 1. The van der Waals surface area contributed by atoms with Crippen molar-refractivity contribution in [3.05, 3.63) is 99.5 Å². The highest BCUT2D eigenvalue weighted by Crippen LogP contribution is 2.22. The van der Waals surface area contributed by atoms with Gasteiger partial charge in [0.15, 0.2) is 0 Å². The number of hydrogen-bond donors (Lipinski definition) is 2. The van der Waals surface area contributed by atoms with Gasteiger partial charge in [0.2, 0.25) is 12.2 Å². The van der Waals surface area contributed by atoms with Gasteiger partial charge < -0.3 is 19.9 Å². The summed E-state index contributed by atoms with van der Waals surface area (Å²) in [5, 5.41) is 12.5. The first kappa shape index (κ1) is 26.7. The minimum absolute atomic E-state index is 0.0116. The lowest BCUT2D eigenvalue weighted by Crippen LogP contribution is -2.48. The fourth-order valence-corrected chi connectivity index (χ4v) is 3.69. The zero-order valence-corrected chi connectivity index (χ0v) is 20.5. The first-order valence-electron chi connectivity index (χ1n) is 10.8. The molecule has 0 saturated heterocycles.